The first-order valence-corrected chi connectivity index (χ1v) is 6.37. The Morgan fingerprint density at radius 2 is 1.85 bits per heavy atom. The number of aryl methyl sites for hydroxylation is 1. The van der Waals surface area contributed by atoms with Gasteiger partial charge in [-0.1, -0.05) is 24.3 Å². The summed E-state index contributed by atoms with van der Waals surface area (Å²) in [5, 5.41) is 9.96. The summed E-state index contributed by atoms with van der Waals surface area (Å²) in [6.45, 7) is 2.23. The highest BCUT2D eigenvalue weighted by atomic mass is 16.3. The molecule has 0 heterocycles. The Morgan fingerprint density at radius 3 is 2.50 bits per heavy atom. The normalized spacial score (nSPS) is 10.3. The molecular weight excluding hydrogens is 252 g/mol. The fraction of sp³-hybridized carbons (Fsp3) is 0.188. The number of amides is 1. The lowest BCUT2D eigenvalue weighted by Gasteiger charge is -2.18. The average Bonchev–Trinajstić information content (AvgIpc) is 2.43. The van der Waals surface area contributed by atoms with Crippen LogP contribution >= 0.6 is 0 Å². The van der Waals surface area contributed by atoms with Crippen LogP contribution in [-0.4, -0.2) is 23.0 Å². The van der Waals surface area contributed by atoms with Gasteiger partial charge in [0.05, 0.1) is 5.56 Å². The van der Waals surface area contributed by atoms with Gasteiger partial charge in [0, 0.05) is 19.3 Å². The van der Waals surface area contributed by atoms with E-state index in [9.17, 15) is 9.90 Å². The van der Waals surface area contributed by atoms with E-state index in [2.05, 4.69) is 0 Å². The summed E-state index contributed by atoms with van der Waals surface area (Å²) >= 11 is 0. The highest BCUT2D eigenvalue weighted by molar-refractivity contribution is 5.97. The van der Waals surface area contributed by atoms with E-state index >= 15 is 0 Å². The van der Waals surface area contributed by atoms with Crippen LogP contribution in [0.5, 0.6) is 5.75 Å². The van der Waals surface area contributed by atoms with Crippen molar-refractivity contribution in [3.8, 4) is 5.75 Å². The van der Waals surface area contributed by atoms with Crippen LogP contribution in [-0.2, 0) is 6.54 Å². The van der Waals surface area contributed by atoms with E-state index in [1.165, 1.54) is 0 Å². The monoisotopic (exact) mass is 270 g/mol. The summed E-state index contributed by atoms with van der Waals surface area (Å²) in [4.78, 5) is 13.9. The molecule has 4 nitrogen and oxygen atoms in total. The number of carbonyl (C=O) groups is 1. The molecule has 0 saturated heterocycles. The molecule has 2 rings (SSSR count). The number of nitrogen functional groups attached to an aromatic ring is 1. The van der Waals surface area contributed by atoms with Crippen molar-refractivity contribution in [1.29, 1.82) is 0 Å². The van der Waals surface area contributed by atoms with Crippen LogP contribution in [0.2, 0.25) is 0 Å². The third kappa shape index (κ3) is 2.91. The van der Waals surface area contributed by atoms with E-state index in [1.807, 2.05) is 12.1 Å². The van der Waals surface area contributed by atoms with E-state index in [4.69, 9.17) is 5.73 Å². The van der Waals surface area contributed by atoms with Gasteiger partial charge >= 0.3 is 0 Å². The minimum absolute atomic E-state index is 0.0432. The Morgan fingerprint density at radius 1 is 1.20 bits per heavy atom. The fourth-order valence-electron chi connectivity index (χ4n) is 2.01. The van der Waals surface area contributed by atoms with Crippen LogP contribution in [0, 0.1) is 6.92 Å². The second-order valence-electron chi connectivity index (χ2n) is 4.87. The Kier molecular flexibility index (Phi) is 3.94. The maximum atomic E-state index is 12.3. The fourth-order valence-corrected chi connectivity index (χ4v) is 2.01. The first-order chi connectivity index (χ1) is 9.49. The minimum atomic E-state index is -0.206. The first kappa shape index (κ1) is 13.9. The lowest BCUT2D eigenvalue weighted by molar-refractivity contribution is 0.0782. The second kappa shape index (κ2) is 5.65. The van der Waals surface area contributed by atoms with Crippen molar-refractivity contribution in [2.24, 2.45) is 0 Å². The number of rotatable bonds is 3. The molecule has 2 aromatic carbocycles. The largest absolute Gasteiger partial charge is 0.507 e. The van der Waals surface area contributed by atoms with Crippen LogP contribution in [0.15, 0.2) is 42.5 Å². The lowest BCUT2D eigenvalue weighted by atomic mass is 10.1. The standard InChI is InChI=1S/C16H18N2O2/c1-11-4-3-5-14(15(11)19)16(20)18(2)10-12-6-8-13(17)9-7-12/h3-9,19H,10,17H2,1-2H3. The molecule has 0 radical (unpaired) electrons. The third-order valence-corrected chi connectivity index (χ3v) is 3.21. The number of aromatic hydroxyl groups is 1. The number of para-hydroxylation sites is 1. The molecular formula is C16H18N2O2. The number of phenolic OH excluding ortho intramolecular Hbond substituents is 1. The van der Waals surface area contributed by atoms with Crippen molar-refractivity contribution in [2.45, 2.75) is 13.5 Å². The first-order valence-electron chi connectivity index (χ1n) is 6.37. The molecule has 4 heteroatoms. The molecule has 0 atom stereocenters. The van der Waals surface area contributed by atoms with Crippen molar-refractivity contribution in [3.05, 3.63) is 59.2 Å². The van der Waals surface area contributed by atoms with E-state index in [-0.39, 0.29) is 11.7 Å². The SMILES string of the molecule is Cc1cccc(C(=O)N(C)Cc2ccc(N)cc2)c1O. The molecule has 104 valence electrons. The van der Waals surface area contributed by atoms with Crippen molar-refractivity contribution >= 4 is 11.6 Å². The zero-order chi connectivity index (χ0) is 14.7. The van der Waals surface area contributed by atoms with Gasteiger partial charge in [0.15, 0.2) is 0 Å². The molecule has 0 aliphatic carbocycles. The van der Waals surface area contributed by atoms with Crippen molar-refractivity contribution < 1.29 is 9.90 Å². The van der Waals surface area contributed by atoms with E-state index in [1.54, 1.807) is 49.2 Å². The second-order valence-corrected chi connectivity index (χ2v) is 4.87. The number of benzene rings is 2. The van der Waals surface area contributed by atoms with Crippen molar-refractivity contribution in [3.63, 3.8) is 0 Å². The van der Waals surface area contributed by atoms with Crippen LogP contribution < -0.4 is 5.73 Å². The van der Waals surface area contributed by atoms with Crippen LogP contribution in [0.4, 0.5) is 5.69 Å². The van der Waals surface area contributed by atoms with Gasteiger partial charge in [-0.25, -0.2) is 0 Å². The molecule has 2 aromatic rings. The number of nitrogens with zero attached hydrogens (tertiary/aromatic N) is 1. The van der Waals surface area contributed by atoms with Gasteiger partial charge in [-0.2, -0.15) is 0 Å². The average molecular weight is 270 g/mol. The number of hydrogen-bond acceptors (Lipinski definition) is 3. The Balaban J connectivity index is 2.16. The zero-order valence-corrected chi connectivity index (χ0v) is 11.6. The van der Waals surface area contributed by atoms with Gasteiger partial charge in [-0.15, -0.1) is 0 Å². The maximum absolute atomic E-state index is 12.3. The Hall–Kier alpha value is -2.49. The van der Waals surface area contributed by atoms with Gasteiger partial charge in [0.25, 0.3) is 5.91 Å². The van der Waals surface area contributed by atoms with E-state index in [0.717, 1.165) is 5.56 Å². The van der Waals surface area contributed by atoms with Crippen LogP contribution in [0.25, 0.3) is 0 Å². The maximum Gasteiger partial charge on any atom is 0.257 e. The molecule has 0 aromatic heterocycles. The van der Waals surface area contributed by atoms with Crippen molar-refractivity contribution in [1.82, 2.24) is 4.90 Å². The quantitative estimate of drug-likeness (QED) is 0.842. The lowest BCUT2D eigenvalue weighted by Crippen LogP contribution is -2.26. The smallest absolute Gasteiger partial charge is 0.257 e. The van der Waals surface area contributed by atoms with Gasteiger partial charge < -0.3 is 15.7 Å². The van der Waals surface area contributed by atoms with Gasteiger partial charge in [0.1, 0.15) is 5.75 Å². The van der Waals surface area contributed by atoms with Gasteiger partial charge in [-0.05, 0) is 36.2 Å². The highest BCUT2D eigenvalue weighted by Crippen LogP contribution is 2.23. The molecule has 0 spiro atoms. The summed E-state index contributed by atoms with van der Waals surface area (Å²) in [5.41, 5.74) is 8.33. The summed E-state index contributed by atoms with van der Waals surface area (Å²) < 4.78 is 0. The molecule has 0 bridgehead atoms. The van der Waals surface area contributed by atoms with E-state index < -0.39 is 0 Å². The van der Waals surface area contributed by atoms with Crippen LogP contribution in [0.1, 0.15) is 21.5 Å². The molecule has 20 heavy (non-hydrogen) atoms. The van der Waals surface area contributed by atoms with Gasteiger partial charge in [0.2, 0.25) is 0 Å². The molecule has 1 amide bonds. The zero-order valence-electron chi connectivity index (χ0n) is 11.6. The number of nitrogens with two attached hydrogens (primary N) is 1. The summed E-state index contributed by atoms with van der Waals surface area (Å²) in [7, 11) is 1.71. The topological polar surface area (TPSA) is 66.6 Å². The van der Waals surface area contributed by atoms with Crippen LogP contribution in [0.3, 0.4) is 0 Å². The number of hydrogen-bond donors (Lipinski definition) is 2. The number of anilines is 1. The Labute approximate surface area is 118 Å². The minimum Gasteiger partial charge on any atom is -0.507 e. The predicted octanol–water partition coefficient (Wildman–Crippen LogP) is 2.56. The molecule has 0 aliphatic heterocycles. The van der Waals surface area contributed by atoms with Gasteiger partial charge in [-0.3, -0.25) is 4.79 Å². The molecule has 3 N–H and O–H groups in total. The summed E-state index contributed by atoms with van der Waals surface area (Å²) in [6, 6.07) is 12.5. The number of phenols is 1. The molecule has 0 aliphatic rings. The molecule has 0 unspecified atom stereocenters. The third-order valence-electron chi connectivity index (χ3n) is 3.21. The summed E-state index contributed by atoms with van der Waals surface area (Å²) in [5.74, 6) is -0.162. The van der Waals surface area contributed by atoms with E-state index in [0.29, 0.717) is 23.4 Å². The highest BCUT2D eigenvalue weighted by Gasteiger charge is 2.16. The molecule has 0 saturated carbocycles. The summed E-state index contributed by atoms with van der Waals surface area (Å²) in [6.07, 6.45) is 0. The predicted molar refractivity (Wildman–Crippen MR) is 79.5 cm³/mol. The Bertz CT molecular complexity index is 621. The van der Waals surface area contributed by atoms with Crippen molar-refractivity contribution in [2.75, 3.05) is 12.8 Å². The molecule has 0 fully saturated rings. The number of carbonyl (C=O) groups excluding carboxylic acids is 1.